The number of nitrogens with zero attached hydrogens (tertiary/aromatic N) is 3. The number of nitrogens with one attached hydrogen (secondary N) is 1. The molecule has 2 aromatic carbocycles. The molecule has 6 heteroatoms. The van der Waals surface area contributed by atoms with E-state index in [0.717, 1.165) is 33.4 Å². The molecule has 28 heavy (non-hydrogen) atoms. The summed E-state index contributed by atoms with van der Waals surface area (Å²) in [6.07, 6.45) is 3.52. The Hall–Kier alpha value is -3.67. The summed E-state index contributed by atoms with van der Waals surface area (Å²) in [5.41, 5.74) is 4.53. The van der Waals surface area contributed by atoms with Crippen LogP contribution < -0.4 is 10.1 Å². The maximum atomic E-state index is 13.2. The minimum atomic E-state index is -0.272. The van der Waals surface area contributed by atoms with Crippen molar-refractivity contribution < 1.29 is 9.13 Å². The van der Waals surface area contributed by atoms with Crippen LogP contribution in [0.5, 0.6) is 5.88 Å². The summed E-state index contributed by atoms with van der Waals surface area (Å²) in [5, 5.41) is 8.80. The molecule has 0 bridgehead atoms. The largest absolute Gasteiger partial charge is 0.481 e. The van der Waals surface area contributed by atoms with Crippen LogP contribution in [0, 0.1) is 5.82 Å². The highest BCUT2D eigenvalue weighted by molar-refractivity contribution is 5.91. The first kappa shape index (κ1) is 17.7. The van der Waals surface area contributed by atoms with Crippen molar-refractivity contribution in [3.8, 4) is 11.6 Å². The van der Waals surface area contributed by atoms with Gasteiger partial charge in [0.15, 0.2) is 0 Å². The SMILES string of the molecule is C=C(NCc1ccnc(OC)c1)c1cccc2c1cnn2-c1ccc(F)cc1. The topological polar surface area (TPSA) is 52.0 Å². The van der Waals surface area contributed by atoms with Crippen molar-refractivity contribution in [3.05, 3.63) is 90.5 Å². The Bertz CT molecular complexity index is 1130. The van der Waals surface area contributed by atoms with E-state index in [4.69, 9.17) is 4.74 Å². The molecule has 0 unspecified atom stereocenters. The predicted octanol–water partition coefficient (Wildman–Crippen LogP) is 4.33. The highest BCUT2D eigenvalue weighted by Gasteiger charge is 2.11. The Labute approximate surface area is 162 Å². The van der Waals surface area contributed by atoms with E-state index in [1.807, 2.05) is 30.3 Å². The third-order valence-corrected chi connectivity index (χ3v) is 4.52. The summed E-state index contributed by atoms with van der Waals surface area (Å²) >= 11 is 0. The first-order chi connectivity index (χ1) is 13.7. The van der Waals surface area contributed by atoms with E-state index < -0.39 is 0 Å². The van der Waals surface area contributed by atoms with Crippen molar-refractivity contribution in [2.24, 2.45) is 0 Å². The quantitative estimate of drug-likeness (QED) is 0.546. The highest BCUT2D eigenvalue weighted by Crippen LogP contribution is 2.25. The summed E-state index contributed by atoms with van der Waals surface area (Å²) < 4.78 is 20.2. The van der Waals surface area contributed by atoms with E-state index >= 15 is 0 Å². The molecule has 0 spiro atoms. The van der Waals surface area contributed by atoms with Gasteiger partial charge in [-0.1, -0.05) is 18.7 Å². The molecule has 0 amide bonds. The van der Waals surface area contributed by atoms with E-state index in [-0.39, 0.29) is 5.82 Å². The fraction of sp³-hybridized carbons (Fsp3) is 0.0909. The molecular formula is C22H19FN4O. The van der Waals surface area contributed by atoms with Crippen molar-refractivity contribution >= 4 is 16.6 Å². The van der Waals surface area contributed by atoms with Gasteiger partial charge in [-0.25, -0.2) is 14.1 Å². The molecule has 0 aliphatic rings. The third kappa shape index (κ3) is 3.44. The lowest BCUT2D eigenvalue weighted by molar-refractivity contribution is 0.397. The van der Waals surface area contributed by atoms with E-state index in [2.05, 4.69) is 22.0 Å². The minimum Gasteiger partial charge on any atom is -0.481 e. The van der Waals surface area contributed by atoms with Crippen LogP contribution in [0.4, 0.5) is 4.39 Å². The van der Waals surface area contributed by atoms with Crippen molar-refractivity contribution in [3.63, 3.8) is 0 Å². The van der Waals surface area contributed by atoms with Gasteiger partial charge in [0.05, 0.1) is 24.5 Å². The number of methoxy groups -OCH3 is 1. The number of hydrogen-bond acceptors (Lipinski definition) is 4. The van der Waals surface area contributed by atoms with Crippen LogP contribution in [-0.2, 0) is 6.54 Å². The van der Waals surface area contributed by atoms with Gasteiger partial charge in [-0.3, -0.25) is 0 Å². The van der Waals surface area contributed by atoms with Gasteiger partial charge in [0.1, 0.15) is 5.82 Å². The van der Waals surface area contributed by atoms with Gasteiger partial charge in [-0.05, 0) is 42.0 Å². The number of hydrogen-bond donors (Lipinski definition) is 1. The smallest absolute Gasteiger partial charge is 0.213 e. The van der Waals surface area contributed by atoms with Crippen molar-refractivity contribution in [2.45, 2.75) is 6.54 Å². The Morgan fingerprint density at radius 1 is 1.18 bits per heavy atom. The van der Waals surface area contributed by atoms with E-state index in [1.165, 1.54) is 12.1 Å². The standard InChI is InChI=1S/C22H19FN4O/c1-15(25-13-16-10-11-24-22(12-16)28-2)19-4-3-5-21-20(19)14-26-27(21)18-8-6-17(23)7-9-18/h3-12,14,25H,1,13H2,2H3. The fourth-order valence-electron chi connectivity index (χ4n) is 3.08. The van der Waals surface area contributed by atoms with Crippen LogP contribution in [0.15, 0.2) is 73.6 Å². The number of benzene rings is 2. The maximum absolute atomic E-state index is 13.2. The van der Waals surface area contributed by atoms with Crippen LogP contribution in [0.2, 0.25) is 0 Å². The Kier molecular flexibility index (Phi) is 4.76. The number of rotatable bonds is 6. The first-order valence-electron chi connectivity index (χ1n) is 8.80. The second kappa shape index (κ2) is 7.52. The molecular weight excluding hydrogens is 355 g/mol. The molecule has 2 aromatic heterocycles. The molecule has 0 atom stereocenters. The number of fused-ring (bicyclic) bond motifs is 1. The first-order valence-corrected chi connectivity index (χ1v) is 8.80. The van der Waals surface area contributed by atoms with Gasteiger partial charge in [-0.15, -0.1) is 0 Å². The molecule has 140 valence electrons. The van der Waals surface area contributed by atoms with Gasteiger partial charge in [-0.2, -0.15) is 5.10 Å². The molecule has 0 aliphatic carbocycles. The van der Waals surface area contributed by atoms with Crippen molar-refractivity contribution in [1.82, 2.24) is 20.1 Å². The zero-order valence-corrected chi connectivity index (χ0v) is 15.4. The monoisotopic (exact) mass is 374 g/mol. The second-order valence-electron chi connectivity index (χ2n) is 6.31. The zero-order chi connectivity index (χ0) is 19.5. The molecule has 0 radical (unpaired) electrons. The molecule has 5 nitrogen and oxygen atoms in total. The summed E-state index contributed by atoms with van der Waals surface area (Å²) in [6.45, 7) is 4.78. The van der Waals surface area contributed by atoms with Gasteiger partial charge < -0.3 is 10.1 Å². The molecule has 1 N–H and O–H groups in total. The van der Waals surface area contributed by atoms with Gasteiger partial charge in [0.25, 0.3) is 0 Å². The lowest BCUT2D eigenvalue weighted by atomic mass is 10.1. The summed E-state index contributed by atoms with van der Waals surface area (Å²) in [5.74, 6) is 0.304. The molecule has 0 aliphatic heterocycles. The molecule has 0 saturated carbocycles. The van der Waals surface area contributed by atoms with Crippen molar-refractivity contribution in [2.75, 3.05) is 7.11 Å². The van der Waals surface area contributed by atoms with E-state index in [0.29, 0.717) is 12.4 Å². The average Bonchev–Trinajstić information content (AvgIpc) is 3.17. The number of aromatic nitrogens is 3. The minimum absolute atomic E-state index is 0.272. The summed E-state index contributed by atoms with van der Waals surface area (Å²) in [7, 11) is 1.60. The molecule has 0 fully saturated rings. The van der Waals surface area contributed by atoms with Gasteiger partial charge in [0, 0.05) is 35.5 Å². The number of halogens is 1. The second-order valence-corrected chi connectivity index (χ2v) is 6.31. The van der Waals surface area contributed by atoms with E-state index in [1.54, 1.807) is 36.3 Å². The third-order valence-electron chi connectivity index (χ3n) is 4.52. The lowest BCUT2D eigenvalue weighted by Crippen LogP contribution is -2.11. The molecule has 0 saturated heterocycles. The van der Waals surface area contributed by atoms with Gasteiger partial charge in [0.2, 0.25) is 5.88 Å². The van der Waals surface area contributed by atoms with Crippen LogP contribution in [0.3, 0.4) is 0 Å². The fourth-order valence-corrected chi connectivity index (χ4v) is 3.08. The Morgan fingerprint density at radius 3 is 2.79 bits per heavy atom. The summed E-state index contributed by atoms with van der Waals surface area (Å²) in [4.78, 5) is 4.11. The number of pyridine rings is 1. The van der Waals surface area contributed by atoms with Crippen LogP contribution in [-0.4, -0.2) is 21.9 Å². The van der Waals surface area contributed by atoms with E-state index in [9.17, 15) is 4.39 Å². The van der Waals surface area contributed by atoms with Crippen LogP contribution >= 0.6 is 0 Å². The summed E-state index contributed by atoms with van der Waals surface area (Å²) in [6, 6.07) is 16.0. The van der Waals surface area contributed by atoms with Crippen LogP contribution in [0.25, 0.3) is 22.3 Å². The maximum Gasteiger partial charge on any atom is 0.213 e. The highest BCUT2D eigenvalue weighted by atomic mass is 19.1. The Morgan fingerprint density at radius 2 is 2.00 bits per heavy atom. The molecule has 4 aromatic rings. The number of ether oxygens (including phenoxy) is 1. The lowest BCUT2D eigenvalue weighted by Gasteiger charge is -2.12. The molecule has 4 rings (SSSR count). The zero-order valence-electron chi connectivity index (χ0n) is 15.4. The Balaban J connectivity index is 1.60. The van der Waals surface area contributed by atoms with Crippen molar-refractivity contribution in [1.29, 1.82) is 0 Å². The van der Waals surface area contributed by atoms with Crippen LogP contribution in [0.1, 0.15) is 11.1 Å². The predicted molar refractivity (Wildman–Crippen MR) is 108 cm³/mol. The normalized spacial score (nSPS) is 10.8. The van der Waals surface area contributed by atoms with Gasteiger partial charge >= 0.3 is 0 Å². The molecule has 2 heterocycles. The average molecular weight is 374 g/mol.